The summed E-state index contributed by atoms with van der Waals surface area (Å²) in [7, 11) is 0. The molecule has 0 bridgehead atoms. The number of fused-ring (bicyclic) bond motifs is 6. The Morgan fingerprint density at radius 1 is 0.837 bits per heavy atom. The number of hydrogen-bond donors (Lipinski definition) is 0. The Bertz CT molecular complexity index is 2090. The Morgan fingerprint density at radius 3 is 2.51 bits per heavy atom. The van der Waals surface area contributed by atoms with Crippen molar-refractivity contribution < 1.29 is 27.9 Å². The largest absolute Gasteiger partial charge is 0.454 e. The molecule has 1 atom stereocenters. The zero-order chi connectivity index (χ0) is 29.5. The molecule has 0 saturated carbocycles. The highest BCUT2D eigenvalue weighted by Crippen LogP contribution is 2.53. The molecule has 3 aliphatic rings. The number of anilines is 1. The number of ether oxygens (including phenoxy) is 2. The molecule has 5 aromatic rings. The van der Waals surface area contributed by atoms with E-state index >= 15 is 0 Å². The highest BCUT2D eigenvalue weighted by atomic mass is 19.1. The van der Waals surface area contributed by atoms with Crippen molar-refractivity contribution in [2.24, 2.45) is 0 Å². The van der Waals surface area contributed by atoms with Gasteiger partial charge in [-0.05, 0) is 54.4 Å². The van der Waals surface area contributed by atoms with E-state index in [0.717, 1.165) is 23.3 Å². The minimum Gasteiger partial charge on any atom is -0.454 e. The van der Waals surface area contributed by atoms with Crippen molar-refractivity contribution >= 4 is 28.5 Å². The van der Waals surface area contributed by atoms with Crippen LogP contribution >= 0.6 is 0 Å². The van der Waals surface area contributed by atoms with E-state index in [4.69, 9.17) is 13.9 Å². The van der Waals surface area contributed by atoms with Gasteiger partial charge in [0, 0.05) is 12.1 Å². The van der Waals surface area contributed by atoms with Gasteiger partial charge in [0.15, 0.2) is 22.5 Å². The summed E-state index contributed by atoms with van der Waals surface area (Å²) in [6, 6.07) is 23.8. The summed E-state index contributed by atoms with van der Waals surface area (Å²) in [6.07, 6.45) is 0. The van der Waals surface area contributed by atoms with E-state index in [1.807, 2.05) is 37.3 Å². The molecule has 1 unspecified atom stereocenters. The molecular weight excluding hydrogens is 551 g/mol. The Morgan fingerprint density at radius 2 is 1.65 bits per heavy atom. The van der Waals surface area contributed by atoms with E-state index in [-0.39, 0.29) is 42.2 Å². The number of benzene rings is 4. The average molecular weight is 575 g/mol. The Labute approximate surface area is 244 Å². The van der Waals surface area contributed by atoms with Gasteiger partial charge in [-0.15, -0.1) is 0 Å². The van der Waals surface area contributed by atoms with E-state index in [0.29, 0.717) is 28.3 Å². The smallest absolute Gasteiger partial charge is 0.291 e. The van der Waals surface area contributed by atoms with Crippen molar-refractivity contribution in [3.63, 3.8) is 0 Å². The number of carbonyl (C=O) groups is 2. The first-order valence-corrected chi connectivity index (χ1v) is 13.8. The normalized spacial score (nSPS) is 18.2. The van der Waals surface area contributed by atoms with E-state index in [1.165, 1.54) is 11.0 Å². The molecule has 3 aliphatic heterocycles. The summed E-state index contributed by atoms with van der Waals surface area (Å²) in [6.45, 7) is 2.23. The van der Waals surface area contributed by atoms with Gasteiger partial charge in [-0.3, -0.25) is 14.4 Å². The summed E-state index contributed by atoms with van der Waals surface area (Å²) in [4.78, 5) is 46.6. The summed E-state index contributed by atoms with van der Waals surface area (Å²) in [5, 5.41) is -0.0433. The Hall–Kier alpha value is -5.44. The van der Waals surface area contributed by atoms with Gasteiger partial charge in [-0.2, -0.15) is 0 Å². The molecule has 0 N–H and O–H groups in total. The SMILES string of the molecule is Cc1cccc(CN2C(=O)C3(c4ccccc42)c2c(oc4ccc(F)cc4c2=O)C(=O)N3Cc2ccc3c(c2)OCO3)c1. The molecule has 8 nitrogen and oxygen atoms in total. The molecule has 4 heterocycles. The average Bonchev–Trinajstić information content (AvgIpc) is 3.64. The van der Waals surface area contributed by atoms with Gasteiger partial charge in [-0.1, -0.05) is 54.1 Å². The first kappa shape index (κ1) is 25.3. The predicted octanol–water partition coefficient (Wildman–Crippen LogP) is 5.42. The van der Waals surface area contributed by atoms with E-state index < -0.39 is 28.6 Å². The first-order chi connectivity index (χ1) is 20.9. The van der Waals surface area contributed by atoms with Crippen molar-refractivity contribution in [1.82, 2.24) is 4.90 Å². The van der Waals surface area contributed by atoms with Gasteiger partial charge >= 0.3 is 0 Å². The Balaban J connectivity index is 1.38. The highest BCUT2D eigenvalue weighted by Gasteiger charge is 2.65. The van der Waals surface area contributed by atoms with Crippen molar-refractivity contribution in [1.29, 1.82) is 0 Å². The number of aryl methyl sites for hydroxylation is 1. The van der Waals surface area contributed by atoms with Crippen LogP contribution in [0.25, 0.3) is 11.0 Å². The Kier molecular flexibility index (Phi) is 5.31. The van der Waals surface area contributed by atoms with Crippen LogP contribution in [0.2, 0.25) is 0 Å². The number of amides is 2. The van der Waals surface area contributed by atoms with Crippen LogP contribution in [-0.2, 0) is 23.4 Å². The van der Waals surface area contributed by atoms with Gasteiger partial charge in [0.25, 0.3) is 11.8 Å². The highest BCUT2D eigenvalue weighted by molar-refractivity contribution is 6.17. The second-order valence-corrected chi connectivity index (χ2v) is 11.0. The van der Waals surface area contributed by atoms with E-state index in [9.17, 15) is 18.8 Å². The second-order valence-electron chi connectivity index (χ2n) is 11.0. The number of carbonyl (C=O) groups excluding carboxylic acids is 2. The zero-order valence-corrected chi connectivity index (χ0v) is 22.9. The molecule has 2 amide bonds. The number of nitrogens with zero attached hydrogens (tertiary/aromatic N) is 2. The molecule has 0 radical (unpaired) electrons. The summed E-state index contributed by atoms with van der Waals surface area (Å²) in [5.41, 5.74) is 1.12. The maximum absolute atomic E-state index is 15.0. The summed E-state index contributed by atoms with van der Waals surface area (Å²) >= 11 is 0. The number of halogens is 1. The fourth-order valence-electron chi connectivity index (χ4n) is 6.56. The quantitative estimate of drug-likeness (QED) is 0.285. The van der Waals surface area contributed by atoms with Crippen molar-refractivity contribution in [3.05, 3.63) is 135 Å². The van der Waals surface area contributed by atoms with Crippen molar-refractivity contribution in [2.45, 2.75) is 25.6 Å². The first-order valence-electron chi connectivity index (χ1n) is 13.8. The molecule has 1 spiro atoms. The lowest BCUT2D eigenvalue weighted by Crippen LogP contribution is -2.52. The standard InChI is InChI=1S/C34H23FN2O6/c1-19-5-4-6-20(13-19)16-36-25-8-3-2-7-24(25)34(33(36)40)29-30(38)23-15-22(35)10-12-26(23)43-31(29)32(39)37(34)17-21-9-11-27-28(14-21)42-18-41-27/h2-15H,16-18H2,1H3. The van der Waals surface area contributed by atoms with Crippen LogP contribution in [-0.4, -0.2) is 23.5 Å². The van der Waals surface area contributed by atoms with Gasteiger partial charge in [0.05, 0.1) is 23.2 Å². The molecular formula is C34H23FN2O6. The third-order valence-electron chi connectivity index (χ3n) is 8.40. The van der Waals surface area contributed by atoms with Crippen molar-refractivity contribution in [2.75, 3.05) is 11.7 Å². The van der Waals surface area contributed by atoms with Crippen LogP contribution in [0.1, 0.15) is 38.4 Å². The van der Waals surface area contributed by atoms with Gasteiger partial charge < -0.3 is 23.7 Å². The van der Waals surface area contributed by atoms with Crippen LogP contribution in [0, 0.1) is 12.7 Å². The number of para-hydroxylation sites is 1. The van der Waals surface area contributed by atoms with Gasteiger partial charge in [-0.25, -0.2) is 4.39 Å². The van der Waals surface area contributed by atoms with Gasteiger partial charge in [0.1, 0.15) is 11.4 Å². The molecule has 0 saturated heterocycles. The molecule has 0 aliphatic carbocycles. The van der Waals surface area contributed by atoms with Crippen LogP contribution in [0.5, 0.6) is 11.5 Å². The molecule has 212 valence electrons. The van der Waals surface area contributed by atoms with E-state index in [2.05, 4.69) is 0 Å². The maximum atomic E-state index is 15.0. The van der Waals surface area contributed by atoms with Crippen LogP contribution in [0.3, 0.4) is 0 Å². The zero-order valence-electron chi connectivity index (χ0n) is 22.9. The van der Waals surface area contributed by atoms with Crippen LogP contribution < -0.4 is 19.8 Å². The molecule has 9 heteroatoms. The number of hydrogen-bond acceptors (Lipinski definition) is 6. The summed E-state index contributed by atoms with van der Waals surface area (Å²) < 4.78 is 31.4. The fraction of sp³-hybridized carbons (Fsp3) is 0.147. The second kappa shape index (κ2) is 9.03. The van der Waals surface area contributed by atoms with Crippen LogP contribution in [0.4, 0.5) is 10.1 Å². The summed E-state index contributed by atoms with van der Waals surface area (Å²) in [5.74, 6) is -0.848. The topological polar surface area (TPSA) is 89.3 Å². The lowest BCUT2D eigenvalue weighted by atomic mass is 9.83. The monoisotopic (exact) mass is 574 g/mol. The van der Waals surface area contributed by atoms with Crippen molar-refractivity contribution in [3.8, 4) is 11.5 Å². The fourth-order valence-corrected chi connectivity index (χ4v) is 6.56. The minimum absolute atomic E-state index is 0.0395. The molecule has 0 fully saturated rings. The molecule has 8 rings (SSSR count). The predicted molar refractivity (Wildman–Crippen MR) is 154 cm³/mol. The lowest BCUT2D eigenvalue weighted by molar-refractivity contribution is -0.126. The molecule has 4 aromatic carbocycles. The molecule has 43 heavy (non-hydrogen) atoms. The lowest BCUT2D eigenvalue weighted by Gasteiger charge is -2.34. The third kappa shape index (κ3) is 3.51. The van der Waals surface area contributed by atoms with E-state index in [1.54, 1.807) is 41.3 Å². The maximum Gasteiger partial charge on any atom is 0.291 e. The minimum atomic E-state index is -1.84. The third-order valence-corrected chi connectivity index (χ3v) is 8.40. The van der Waals surface area contributed by atoms with Gasteiger partial charge in [0.2, 0.25) is 12.6 Å². The van der Waals surface area contributed by atoms with Crippen LogP contribution in [0.15, 0.2) is 94.1 Å². The molecule has 1 aromatic heterocycles. The number of rotatable bonds is 4.